The minimum atomic E-state index is -0.695. The lowest BCUT2D eigenvalue weighted by Crippen LogP contribution is -2.08. The van der Waals surface area contributed by atoms with E-state index in [1.807, 2.05) is 26.0 Å². The van der Waals surface area contributed by atoms with Crippen LogP contribution >= 0.6 is 0 Å². The van der Waals surface area contributed by atoms with Crippen molar-refractivity contribution in [3.05, 3.63) is 64.0 Å². The van der Waals surface area contributed by atoms with E-state index in [-0.39, 0.29) is 12.2 Å². The first-order chi connectivity index (χ1) is 12.9. The van der Waals surface area contributed by atoms with E-state index >= 15 is 0 Å². The molecule has 0 amide bonds. The number of hydrogen-bond donors (Lipinski definition) is 0. The zero-order chi connectivity index (χ0) is 20.0. The molecule has 0 atom stereocenters. The van der Waals surface area contributed by atoms with Crippen molar-refractivity contribution in [2.24, 2.45) is 5.92 Å². The molecule has 5 heteroatoms. The van der Waals surface area contributed by atoms with Gasteiger partial charge in [-0.05, 0) is 43.5 Å². The summed E-state index contributed by atoms with van der Waals surface area (Å²) in [5.74, 6) is -0.203. The Bertz CT molecular complexity index is 953. The van der Waals surface area contributed by atoms with Gasteiger partial charge in [0.25, 0.3) is 0 Å². The van der Waals surface area contributed by atoms with Crippen LogP contribution in [-0.2, 0) is 22.7 Å². The molecule has 2 aromatic rings. The van der Waals surface area contributed by atoms with Gasteiger partial charge in [-0.2, -0.15) is 10.5 Å². The molecule has 1 aromatic heterocycles. The standard InChI is InChI=1S/C22H23N3O2/c1-15(2)13-25-16(3)9-20(17(25)4)10-21(12-24)22(26)27-14-19-8-6-5-7-18(19)11-23/h5-10,15H,13-14H2,1-4H3/b21-10+. The minimum Gasteiger partial charge on any atom is -0.457 e. The zero-order valence-electron chi connectivity index (χ0n) is 16.1. The zero-order valence-corrected chi connectivity index (χ0v) is 16.1. The number of nitrogens with zero attached hydrogens (tertiary/aromatic N) is 3. The molecule has 0 bridgehead atoms. The number of aryl methyl sites for hydroxylation is 1. The number of nitriles is 2. The normalized spacial score (nSPS) is 11.1. The van der Waals surface area contributed by atoms with Gasteiger partial charge in [0.15, 0.2) is 0 Å². The van der Waals surface area contributed by atoms with E-state index in [0.717, 1.165) is 23.5 Å². The fourth-order valence-electron chi connectivity index (χ4n) is 2.89. The molecule has 0 radical (unpaired) electrons. The Morgan fingerprint density at radius 3 is 2.59 bits per heavy atom. The summed E-state index contributed by atoms with van der Waals surface area (Å²) in [5, 5.41) is 18.5. The molecule has 0 aliphatic rings. The van der Waals surface area contributed by atoms with Gasteiger partial charge in [-0.3, -0.25) is 0 Å². The van der Waals surface area contributed by atoms with E-state index in [0.29, 0.717) is 17.0 Å². The molecular weight excluding hydrogens is 338 g/mol. The largest absolute Gasteiger partial charge is 0.457 e. The number of ether oxygens (including phenoxy) is 1. The Labute approximate surface area is 160 Å². The molecule has 0 spiro atoms. The highest BCUT2D eigenvalue weighted by atomic mass is 16.5. The molecule has 1 aromatic carbocycles. The van der Waals surface area contributed by atoms with Gasteiger partial charge in [-0.25, -0.2) is 4.79 Å². The molecule has 0 N–H and O–H groups in total. The van der Waals surface area contributed by atoms with Crippen molar-refractivity contribution < 1.29 is 9.53 Å². The first-order valence-corrected chi connectivity index (χ1v) is 8.81. The number of aromatic nitrogens is 1. The predicted octanol–water partition coefficient (Wildman–Crippen LogP) is 4.28. The summed E-state index contributed by atoms with van der Waals surface area (Å²) >= 11 is 0. The van der Waals surface area contributed by atoms with Gasteiger partial charge in [0, 0.05) is 23.5 Å². The van der Waals surface area contributed by atoms with Crippen molar-refractivity contribution in [3.8, 4) is 12.1 Å². The number of carbonyl (C=O) groups excluding carboxylic acids is 1. The van der Waals surface area contributed by atoms with Crippen molar-refractivity contribution in [2.75, 3.05) is 0 Å². The summed E-state index contributed by atoms with van der Waals surface area (Å²) in [7, 11) is 0. The lowest BCUT2D eigenvalue weighted by molar-refractivity contribution is -0.139. The number of carbonyl (C=O) groups is 1. The number of esters is 1. The molecule has 5 nitrogen and oxygen atoms in total. The molecule has 2 rings (SSSR count). The van der Waals surface area contributed by atoms with Gasteiger partial charge in [0.05, 0.1) is 11.6 Å². The van der Waals surface area contributed by atoms with Crippen LogP contribution < -0.4 is 0 Å². The van der Waals surface area contributed by atoms with Gasteiger partial charge >= 0.3 is 5.97 Å². The quantitative estimate of drug-likeness (QED) is 0.437. The molecule has 1 heterocycles. The second kappa shape index (κ2) is 8.87. The third-order valence-electron chi connectivity index (χ3n) is 4.30. The van der Waals surface area contributed by atoms with Crippen molar-refractivity contribution in [1.82, 2.24) is 4.57 Å². The van der Waals surface area contributed by atoms with Crippen molar-refractivity contribution in [2.45, 2.75) is 40.8 Å². The third-order valence-corrected chi connectivity index (χ3v) is 4.30. The highest BCUT2D eigenvalue weighted by Gasteiger charge is 2.15. The van der Waals surface area contributed by atoms with E-state index < -0.39 is 5.97 Å². The second-order valence-corrected chi connectivity index (χ2v) is 6.85. The van der Waals surface area contributed by atoms with Crippen LogP contribution in [0.25, 0.3) is 6.08 Å². The van der Waals surface area contributed by atoms with Crippen LogP contribution in [0, 0.1) is 42.4 Å². The molecule has 0 unspecified atom stereocenters. The van der Waals surface area contributed by atoms with Crippen molar-refractivity contribution in [3.63, 3.8) is 0 Å². The number of hydrogen-bond acceptors (Lipinski definition) is 4. The maximum absolute atomic E-state index is 12.3. The average Bonchev–Trinajstić information content (AvgIpc) is 2.91. The summed E-state index contributed by atoms with van der Waals surface area (Å²) in [5.41, 5.74) is 3.93. The monoisotopic (exact) mass is 361 g/mol. The summed E-state index contributed by atoms with van der Waals surface area (Å²) in [4.78, 5) is 12.3. The van der Waals surface area contributed by atoms with Crippen molar-refractivity contribution >= 4 is 12.0 Å². The van der Waals surface area contributed by atoms with Gasteiger partial charge in [0.2, 0.25) is 0 Å². The van der Waals surface area contributed by atoms with Crippen LogP contribution in [0.5, 0.6) is 0 Å². The topological polar surface area (TPSA) is 78.8 Å². The summed E-state index contributed by atoms with van der Waals surface area (Å²) in [6.45, 7) is 9.11. The molecular formula is C22H23N3O2. The highest BCUT2D eigenvalue weighted by Crippen LogP contribution is 2.20. The first-order valence-electron chi connectivity index (χ1n) is 8.81. The Morgan fingerprint density at radius 1 is 1.26 bits per heavy atom. The minimum absolute atomic E-state index is 0.0477. The van der Waals surface area contributed by atoms with E-state index in [9.17, 15) is 10.1 Å². The SMILES string of the molecule is Cc1cc(/C=C(\C#N)C(=O)OCc2ccccc2C#N)c(C)n1CC(C)C. The van der Waals surface area contributed by atoms with E-state index in [1.165, 1.54) is 0 Å². The lowest BCUT2D eigenvalue weighted by atomic mass is 10.1. The van der Waals surface area contributed by atoms with Gasteiger partial charge in [-0.1, -0.05) is 32.0 Å². The average molecular weight is 361 g/mol. The van der Waals surface area contributed by atoms with Crippen LogP contribution in [0.15, 0.2) is 35.9 Å². The summed E-state index contributed by atoms with van der Waals surface area (Å²) in [6, 6.07) is 12.9. The highest BCUT2D eigenvalue weighted by molar-refractivity contribution is 5.98. The van der Waals surface area contributed by atoms with Crippen LogP contribution in [0.1, 0.15) is 41.9 Å². The third kappa shape index (κ3) is 4.86. The first kappa shape index (κ1) is 20.0. The molecule has 0 saturated heterocycles. The van der Waals surface area contributed by atoms with Gasteiger partial charge in [-0.15, -0.1) is 0 Å². The predicted molar refractivity (Wildman–Crippen MR) is 103 cm³/mol. The molecule has 27 heavy (non-hydrogen) atoms. The van der Waals surface area contributed by atoms with E-state index in [1.54, 1.807) is 30.3 Å². The second-order valence-electron chi connectivity index (χ2n) is 6.85. The molecule has 0 fully saturated rings. The molecule has 0 saturated carbocycles. The van der Waals surface area contributed by atoms with Crippen LogP contribution in [-0.4, -0.2) is 10.5 Å². The number of benzene rings is 1. The Hall–Kier alpha value is -3.31. The fourth-order valence-corrected chi connectivity index (χ4v) is 2.89. The maximum Gasteiger partial charge on any atom is 0.349 e. The Kier molecular flexibility index (Phi) is 6.57. The number of rotatable bonds is 6. The van der Waals surface area contributed by atoms with E-state index in [2.05, 4.69) is 24.5 Å². The van der Waals surface area contributed by atoms with Gasteiger partial charge < -0.3 is 9.30 Å². The van der Waals surface area contributed by atoms with Crippen LogP contribution in [0.4, 0.5) is 0 Å². The fraction of sp³-hybridized carbons (Fsp3) is 0.318. The maximum atomic E-state index is 12.3. The Balaban J connectivity index is 2.20. The smallest absolute Gasteiger partial charge is 0.349 e. The van der Waals surface area contributed by atoms with Gasteiger partial charge in [0.1, 0.15) is 18.2 Å². The summed E-state index contributed by atoms with van der Waals surface area (Å²) < 4.78 is 7.43. The van der Waals surface area contributed by atoms with Crippen LogP contribution in [0.2, 0.25) is 0 Å². The summed E-state index contributed by atoms with van der Waals surface area (Å²) in [6.07, 6.45) is 1.57. The Morgan fingerprint density at radius 2 is 1.96 bits per heavy atom. The van der Waals surface area contributed by atoms with E-state index in [4.69, 9.17) is 10.00 Å². The molecule has 138 valence electrons. The molecule has 0 aliphatic carbocycles. The molecule has 0 aliphatic heterocycles. The lowest BCUT2D eigenvalue weighted by Gasteiger charge is -2.12. The van der Waals surface area contributed by atoms with Crippen molar-refractivity contribution in [1.29, 1.82) is 10.5 Å². The van der Waals surface area contributed by atoms with Crippen LogP contribution in [0.3, 0.4) is 0 Å².